The first-order chi connectivity index (χ1) is 16.8. The van der Waals surface area contributed by atoms with Gasteiger partial charge in [-0.3, -0.25) is 9.78 Å². The Labute approximate surface area is 206 Å². The number of urea groups is 1. The molecule has 3 amide bonds. The van der Waals surface area contributed by atoms with Gasteiger partial charge in [-0.05, 0) is 79.7 Å². The summed E-state index contributed by atoms with van der Waals surface area (Å²) in [5.74, 6) is -0.645. The van der Waals surface area contributed by atoms with Crippen LogP contribution in [0.15, 0.2) is 42.6 Å². The normalized spacial score (nSPS) is 22.1. The fourth-order valence-corrected chi connectivity index (χ4v) is 5.07. The van der Waals surface area contributed by atoms with Gasteiger partial charge < -0.3 is 25.4 Å². The van der Waals surface area contributed by atoms with E-state index < -0.39 is 12.0 Å². The topological polar surface area (TPSA) is 114 Å². The predicted molar refractivity (Wildman–Crippen MR) is 131 cm³/mol. The van der Waals surface area contributed by atoms with Crippen molar-refractivity contribution in [1.82, 2.24) is 15.2 Å². The molecule has 0 bridgehead atoms. The standard InChI is InChI=1S/C27H34N4O4/c1-17(2)18-5-10-22(11-6-18)30-27(35)31-15-3-4-24(31)25(32)29-21-12-7-19(8-13-21)20-9-14-23(26(33)34)28-16-20/h5-6,9-11,14,16-17,19,21,24H,3-4,7-8,12-13,15H2,1-2H3,(H,29,32)(H,30,35)(H,33,34)/p-1/t19?,21?,24-/m1/s1. The molecule has 1 aliphatic heterocycles. The van der Waals surface area contributed by atoms with Gasteiger partial charge in [0.25, 0.3) is 0 Å². The first-order valence-corrected chi connectivity index (χ1v) is 12.5. The van der Waals surface area contributed by atoms with Gasteiger partial charge in [-0.15, -0.1) is 0 Å². The summed E-state index contributed by atoms with van der Waals surface area (Å²) in [7, 11) is 0. The number of hydrogen-bond acceptors (Lipinski definition) is 5. The summed E-state index contributed by atoms with van der Waals surface area (Å²) in [6.07, 6.45) is 6.52. The van der Waals surface area contributed by atoms with Gasteiger partial charge >= 0.3 is 6.03 Å². The van der Waals surface area contributed by atoms with Gasteiger partial charge in [0.05, 0.1) is 11.7 Å². The van der Waals surface area contributed by atoms with Crippen molar-refractivity contribution in [1.29, 1.82) is 0 Å². The number of pyridine rings is 1. The van der Waals surface area contributed by atoms with Crippen LogP contribution in [-0.4, -0.2) is 46.4 Å². The third kappa shape index (κ3) is 5.99. The number of nitrogens with one attached hydrogen (secondary N) is 2. The monoisotopic (exact) mass is 477 g/mol. The molecule has 2 aliphatic rings. The molecular weight excluding hydrogens is 444 g/mol. The number of hydrogen-bond donors (Lipinski definition) is 2. The van der Waals surface area contributed by atoms with E-state index in [9.17, 15) is 19.5 Å². The highest BCUT2D eigenvalue weighted by molar-refractivity contribution is 5.94. The molecule has 1 atom stereocenters. The molecule has 0 radical (unpaired) electrons. The van der Waals surface area contributed by atoms with Crippen molar-refractivity contribution >= 4 is 23.6 Å². The third-order valence-electron chi connectivity index (χ3n) is 7.19. The number of amides is 3. The van der Waals surface area contributed by atoms with Crippen LogP contribution in [0.4, 0.5) is 10.5 Å². The van der Waals surface area contributed by atoms with E-state index in [1.807, 2.05) is 24.3 Å². The van der Waals surface area contributed by atoms with E-state index in [1.165, 1.54) is 11.6 Å². The second kappa shape index (κ2) is 10.9. The van der Waals surface area contributed by atoms with Gasteiger partial charge in [0.1, 0.15) is 6.04 Å². The molecule has 2 aromatic rings. The zero-order valence-electron chi connectivity index (χ0n) is 20.3. The number of aromatic carboxylic acids is 1. The predicted octanol–water partition coefficient (Wildman–Crippen LogP) is 3.41. The molecule has 1 aromatic carbocycles. The van der Waals surface area contributed by atoms with E-state index in [0.717, 1.165) is 43.4 Å². The SMILES string of the molecule is CC(C)c1ccc(NC(=O)N2CCC[C@@H]2C(=O)NC2CCC(c3ccc(C(=O)[O-])nc3)CC2)cc1. The van der Waals surface area contributed by atoms with E-state index in [4.69, 9.17) is 0 Å². The summed E-state index contributed by atoms with van der Waals surface area (Å²) >= 11 is 0. The molecule has 2 N–H and O–H groups in total. The summed E-state index contributed by atoms with van der Waals surface area (Å²) in [5.41, 5.74) is 2.89. The number of anilines is 1. The molecule has 2 fully saturated rings. The lowest BCUT2D eigenvalue weighted by Crippen LogP contribution is -2.50. The van der Waals surface area contributed by atoms with E-state index in [2.05, 4.69) is 29.5 Å². The maximum Gasteiger partial charge on any atom is 0.322 e. The minimum atomic E-state index is -1.28. The molecule has 8 nitrogen and oxygen atoms in total. The Kier molecular flexibility index (Phi) is 7.68. The number of carboxylic acid groups (broad SMARTS) is 1. The lowest BCUT2D eigenvalue weighted by Gasteiger charge is -2.31. The average Bonchev–Trinajstić information content (AvgIpc) is 3.35. The molecule has 2 heterocycles. The molecule has 0 spiro atoms. The van der Waals surface area contributed by atoms with Crippen molar-refractivity contribution in [2.24, 2.45) is 0 Å². The Hall–Kier alpha value is -3.42. The highest BCUT2D eigenvalue weighted by Gasteiger charge is 2.35. The number of carbonyl (C=O) groups is 3. The number of nitrogens with zero attached hydrogens (tertiary/aromatic N) is 2. The van der Waals surface area contributed by atoms with Crippen LogP contribution in [-0.2, 0) is 4.79 Å². The molecular formula is C27H33N4O4-. The van der Waals surface area contributed by atoms with Crippen molar-refractivity contribution in [2.75, 3.05) is 11.9 Å². The van der Waals surface area contributed by atoms with Crippen LogP contribution in [0.2, 0.25) is 0 Å². The molecule has 8 heteroatoms. The zero-order valence-corrected chi connectivity index (χ0v) is 20.3. The maximum absolute atomic E-state index is 13.0. The minimum absolute atomic E-state index is 0.0626. The largest absolute Gasteiger partial charge is 0.543 e. The lowest BCUT2D eigenvalue weighted by molar-refractivity contribution is -0.255. The maximum atomic E-state index is 13.0. The summed E-state index contributed by atoms with van der Waals surface area (Å²) < 4.78 is 0. The molecule has 1 aromatic heterocycles. The van der Waals surface area contributed by atoms with Gasteiger partial charge in [0.2, 0.25) is 5.91 Å². The van der Waals surface area contributed by atoms with Crippen LogP contribution in [0.5, 0.6) is 0 Å². The van der Waals surface area contributed by atoms with Gasteiger partial charge in [-0.25, -0.2) is 4.79 Å². The Morgan fingerprint density at radius 1 is 1.00 bits per heavy atom. The summed E-state index contributed by atoms with van der Waals surface area (Å²) in [4.78, 5) is 42.4. The van der Waals surface area contributed by atoms with E-state index in [1.54, 1.807) is 17.2 Å². The number of rotatable bonds is 6. The first-order valence-electron chi connectivity index (χ1n) is 12.5. The Bertz CT molecular complexity index is 1040. The second-order valence-corrected chi connectivity index (χ2v) is 9.88. The molecule has 0 unspecified atom stereocenters. The molecule has 1 saturated heterocycles. The van der Waals surface area contributed by atoms with E-state index >= 15 is 0 Å². The highest BCUT2D eigenvalue weighted by Crippen LogP contribution is 2.33. The van der Waals surface area contributed by atoms with Crippen molar-refractivity contribution in [3.05, 3.63) is 59.4 Å². The van der Waals surface area contributed by atoms with E-state index in [-0.39, 0.29) is 23.7 Å². The van der Waals surface area contributed by atoms with Gasteiger partial charge in [-0.1, -0.05) is 32.0 Å². The summed E-state index contributed by atoms with van der Waals surface area (Å²) in [6.45, 7) is 4.82. The van der Waals surface area contributed by atoms with Gasteiger partial charge in [0, 0.05) is 24.5 Å². The van der Waals surface area contributed by atoms with Crippen molar-refractivity contribution in [3.63, 3.8) is 0 Å². The molecule has 1 saturated carbocycles. The van der Waals surface area contributed by atoms with Crippen LogP contribution >= 0.6 is 0 Å². The van der Waals surface area contributed by atoms with Crippen LogP contribution < -0.4 is 15.7 Å². The Morgan fingerprint density at radius 2 is 1.71 bits per heavy atom. The lowest BCUT2D eigenvalue weighted by atomic mass is 9.82. The van der Waals surface area contributed by atoms with Crippen LogP contribution in [0.25, 0.3) is 0 Å². The number of likely N-dealkylation sites (tertiary alicyclic amines) is 1. The van der Waals surface area contributed by atoms with Crippen LogP contribution in [0.3, 0.4) is 0 Å². The van der Waals surface area contributed by atoms with Crippen molar-refractivity contribution in [2.45, 2.75) is 76.3 Å². The van der Waals surface area contributed by atoms with Crippen molar-refractivity contribution in [3.8, 4) is 0 Å². The van der Waals surface area contributed by atoms with Crippen LogP contribution in [0.1, 0.15) is 85.8 Å². The molecule has 4 rings (SSSR count). The van der Waals surface area contributed by atoms with Crippen molar-refractivity contribution < 1.29 is 19.5 Å². The summed E-state index contributed by atoms with van der Waals surface area (Å²) in [6, 6.07) is 10.5. The number of carboxylic acids is 1. The van der Waals surface area contributed by atoms with Gasteiger partial charge in [-0.2, -0.15) is 0 Å². The summed E-state index contributed by atoms with van der Waals surface area (Å²) in [5, 5.41) is 17.0. The fraction of sp³-hybridized carbons (Fsp3) is 0.481. The molecule has 186 valence electrons. The second-order valence-electron chi connectivity index (χ2n) is 9.88. The van der Waals surface area contributed by atoms with Gasteiger partial charge in [0.15, 0.2) is 0 Å². The smallest absolute Gasteiger partial charge is 0.322 e. The van der Waals surface area contributed by atoms with Crippen LogP contribution in [0, 0.1) is 0 Å². The zero-order chi connectivity index (χ0) is 24.9. The fourth-order valence-electron chi connectivity index (χ4n) is 5.07. The highest BCUT2D eigenvalue weighted by atomic mass is 16.4. The number of carbonyl (C=O) groups excluding carboxylic acids is 3. The Balaban J connectivity index is 1.28. The molecule has 1 aliphatic carbocycles. The third-order valence-corrected chi connectivity index (χ3v) is 7.19. The Morgan fingerprint density at radius 3 is 2.31 bits per heavy atom. The quantitative estimate of drug-likeness (QED) is 0.662. The molecule has 35 heavy (non-hydrogen) atoms. The average molecular weight is 478 g/mol. The minimum Gasteiger partial charge on any atom is -0.543 e. The number of aromatic nitrogens is 1. The first kappa shape index (κ1) is 24.7. The number of benzene rings is 1. The van der Waals surface area contributed by atoms with E-state index in [0.29, 0.717) is 24.8 Å².